The summed E-state index contributed by atoms with van der Waals surface area (Å²) in [4.78, 5) is 39.0. The van der Waals surface area contributed by atoms with Gasteiger partial charge in [0.2, 0.25) is 17.7 Å². The maximum absolute atomic E-state index is 13.5. The molecule has 0 spiro atoms. The molecule has 2 amide bonds. The van der Waals surface area contributed by atoms with Gasteiger partial charge in [0, 0.05) is 74.2 Å². The Morgan fingerprint density at radius 2 is 1.55 bits per heavy atom. The molecule has 10 nitrogen and oxygen atoms in total. The third-order valence-electron chi connectivity index (χ3n) is 7.62. The number of anilines is 5. The van der Waals surface area contributed by atoms with E-state index in [2.05, 4.69) is 61.7 Å². The largest absolute Gasteiger partial charge is 0.438 e. The van der Waals surface area contributed by atoms with Crippen molar-refractivity contribution < 1.29 is 14.3 Å². The van der Waals surface area contributed by atoms with Crippen LogP contribution in [0, 0.1) is 13.8 Å². The predicted molar refractivity (Wildman–Crippen MR) is 175 cm³/mol. The van der Waals surface area contributed by atoms with Gasteiger partial charge in [-0.25, -0.2) is 4.98 Å². The lowest BCUT2D eigenvalue weighted by Crippen LogP contribution is -2.48. The first-order valence-corrected chi connectivity index (χ1v) is 14.8. The van der Waals surface area contributed by atoms with Crippen LogP contribution in [-0.4, -0.2) is 58.9 Å². The van der Waals surface area contributed by atoms with Crippen molar-refractivity contribution in [2.45, 2.75) is 40.7 Å². The van der Waals surface area contributed by atoms with E-state index in [-0.39, 0.29) is 23.3 Å². The molecule has 1 aliphatic rings. The quantitative estimate of drug-likeness (QED) is 0.205. The van der Waals surface area contributed by atoms with E-state index in [0.29, 0.717) is 17.5 Å². The highest BCUT2D eigenvalue weighted by molar-refractivity contribution is 6.06. The van der Waals surface area contributed by atoms with Gasteiger partial charge in [0.25, 0.3) is 5.91 Å². The number of ether oxygens (including phenoxy) is 1. The van der Waals surface area contributed by atoms with Crippen LogP contribution in [0.5, 0.6) is 11.6 Å². The van der Waals surface area contributed by atoms with Crippen molar-refractivity contribution in [2.24, 2.45) is 0 Å². The van der Waals surface area contributed by atoms with Crippen LogP contribution >= 0.6 is 0 Å². The number of nitrogens with zero attached hydrogens (tertiary/aromatic N) is 4. The number of para-hydroxylation sites is 1. The van der Waals surface area contributed by atoms with Gasteiger partial charge in [-0.3, -0.25) is 14.5 Å². The van der Waals surface area contributed by atoms with Gasteiger partial charge >= 0.3 is 0 Å². The lowest BCUT2D eigenvalue weighted by Gasteiger charge is -2.38. The summed E-state index contributed by atoms with van der Waals surface area (Å²) in [5.41, 5.74) is 5.31. The molecule has 3 aromatic carbocycles. The second-order valence-corrected chi connectivity index (χ2v) is 11.2. The van der Waals surface area contributed by atoms with Gasteiger partial charge in [-0.15, -0.1) is 0 Å². The van der Waals surface area contributed by atoms with Gasteiger partial charge in [0.1, 0.15) is 11.3 Å². The fraction of sp³-hybridized carbons (Fsp3) is 0.294. The van der Waals surface area contributed by atoms with E-state index < -0.39 is 5.91 Å². The van der Waals surface area contributed by atoms with Gasteiger partial charge in [0.05, 0.1) is 0 Å². The molecule has 0 aliphatic carbocycles. The fourth-order valence-corrected chi connectivity index (χ4v) is 5.19. The number of rotatable bonds is 9. The van der Waals surface area contributed by atoms with Crippen molar-refractivity contribution in [3.63, 3.8) is 0 Å². The summed E-state index contributed by atoms with van der Waals surface area (Å²) in [6.07, 6.45) is 1.45. The Morgan fingerprint density at radius 3 is 2.20 bits per heavy atom. The van der Waals surface area contributed by atoms with Gasteiger partial charge in [-0.2, -0.15) is 4.98 Å². The van der Waals surface area contributed by atoms with Crippen LogP contribution in [0.3, 0.4) is 0 Å². The minimum Gasteiger partial charge on any atom is -0.438 e. The van der Waals surface area contributed by atoms with Crippen LogP contribution in [0.2, 0.25) is 0 Å². The number of carbonyl (C=O) groups is 2. The molecule has 0 saturated carbocycles. The van der Waals surface area contributed by atoms with Crippen molar-refractivity contribution >= 4 is 40.5 Å². The molecule has 1 saturated heterocycles. The summed E-state index contributed by atoms with van der Waals surface area (Å²) in [7, 11) is 0. The van der Waals surface area contributed by atoms with E-state index in [9.17, 15) is 9.59 Å². The number of benzene rings is 3. The minimum atomic E-state index is -0.399. The zero-order chi connectivity index (χ0) is 31.2. The van der Waals surface area contributed by atoms with Crippen molar-refractivity contribution in [1.29, 1.82) is 0 Å². The lowest BCUT2D eigenvalue weighted by atomic mass is 10.1. The van der Waals surface area contributed by atoms with E-state index in [1.54, 1.807) is 24.3 Å². The molecule has 44 heavy (non-hydrogen) atoms. The van der Waals surface area contributed by atoms with Crippen LogP contribution in [0.4, 0.5) is 28.7 Å². The van der Waals surface area contributed by atoms with Crippen LogP contribution in [0.25, 0.3) is 0 Å². The molecule has 5 rings (SSSR count). The summed E-state index contributed by atoms with van der Waals surface area (Å²) in [6, 6.07) is 21.4. The molecule has 10 heteroatoms. The van der Waals surface area contributed by atoms with Gasteiger partial charge in [-0.05, 0) is 75.2 Å². The van der Waals surface area contributed by atoms with Crippen molar-refractivity contribution in [3.8, 4) is 11.6 Å². The molecule has 0 radical (unpaired) electrons. The Kier molecular flexibility index (Phi) is 9.40. The zero-order valence-corrected chi connectivity index (χ0v) is 25.8. The van der Waals surface area contributed by atoms with Crippen molar-refractivity contribution in [1.82, 2.24) is 14.9 Å². The topological polar surface area (TPSA) is 112 Å². The van der Waals surface area contributed by atoms with Gasteiger partial charge in [0.15, 0.2) is 0 Å². The van der Waals surface area contributed by atoms with E-state index in [4.69, 9.17) is 4.74 Å². The maximum Gasteiger partial charge on any atom is 0.262 e. The SMILES string of the molecule is CC(=O)Nc1cccc(Oc2nc(Nc3ccc(N4CCN(C(C)C)CC4)cc3)ncc2C(=O)Nc2c(C)cccc2C)c1. The normalized spacial score (nSPS) is 13.5. The summed E-state index contributed by atoms with van der Waals surface area (Å²) in [6.45, 7) is 13.9. The summed E-state index contributed by atoms with van der Waals surface area (Å²) < 4.78 is 6.14. The second kappa shape index (κ2) is 13.6. The molecule has 4 aromatic rings. The molecule has 1 aromatic heterocycles. The second-order valence-electron chi connectivity index (χ2n) is 11.2. The predicted octanol–water partition coefficient (Wildman–Crippen LogP) is 6.37. The van der Waals surface area contributed by atoms with Gasteiger partial charge < -0.3 is 25.6 Å². The maximum atomic E-state index is 13.5. The number of amides is 2. The van der Waals surface area contributed by atoms with E-state index in [1.807, 2.05) is 44.2 Å². The Morgan fingerprint density at radius 1 is 0.864 bits per heavy atom. The molecule has 1 aliphatic heterocycles. The summed E-state index contributed by atoms with van der Waals surface area (Å²) in [5, 5.41) is 8.97. The first kappa shape index (κ1) is 30.5. The molecule has 228 valence electrons. The number of nitrogens with one attached hydrogen (secondary N) is 3. The van der Waals surface area contributed by atoms with E-state index in [1.165, 1.54) is 18.8 Å². The molecule has 2 heterocycles. The molecular formula is C34H39N7O3. The third-order valence-corrected chi connectivity index (χ3v) is 7.62. The number of hydrogen-bond acceptors (Lipinski definition) is 8. The number of aryl methyl sites for hydroxylation is 2. The first-order chi connectivity index (χ1) is 21.2. The Balaban J connectivity index is 1.38. The Hall–Kier alpha value is -4.96. The fourth-order valence-electron chi connectivity index (χ4n) is 5.19. The third kappa shape index (κ3) is 7.51. The van der Waals surface area contributed by atoms with Crippen LogP contribution < -0.4 is 25.6 Å². The number of hydrogen-bond donors (Lipinski definition) is 3. The lowest BCUT2D eigenvalue weighted by molar-refractivity contribution is -0.114. The van der Waals surface area contributed by atoms with Crippen LogP contribution in [0.1, 0.15) is 42.3 Å². The summed E-state index contributed by atoms with van der Waals surface area (Å²) in [5.74, 6) is 0.159. The Labute approximate surface area is 258 Å². The molecular weight excluding hydrogens is 554 g/mol. The molecule has 0 atom stereocenters. The average molecular weight is 594 g/mol. The number of aromatic nitrogens is 2. The highest BCUT2D eigenvalue weighted by atomic mass is 16.5. The molecule has 3 N–H and O–H groups in total. The number of piperazine rings is 1. The standard InChI is InChI=1S/C34H39N7O3/c1-22(2)40-16-18-41(19-17-40)28-14-12-26(13-15-28)37-34-35-21-30(32(43)38-31-23(3)8-6-9-24(31)4)33(39-34)44-29-11-7-10-27(20-29)36-25(5)42/h6-15,20-22H,16-19H2,1-5H3,(H,36,42)(H,38,43)(H,35,37,39). The molecule has 0 unspecified atom stereocenters. The van der Waals surface area contributed by atoms with E-state index in [0.717, 1.165) is 48.7 Å². The summed E-state index contributed by atoms with van der Waals surface area (Å²) >= 11 is 0. The van der Waals surface area contributed by atoms with Gasteiger partial charge in [-0.1, -0.05) is 24.3 Å². The van der Waals surface area contributed by atoms with Crippen LogP contribution in [-0.2, 0) is 4.79 Å². The minimum absolute atomic E-state index is 0.0749. The molecule has 1 fully saturated rings. The van der Waals surface area contributed by atoms with Crippen molar-refractivity contribution in [3.05, 3.63) is 89.6 Å². The monoisotopic (exact) mass is 593 g/mol. The molecule has 0 bridgehead atoms. The number of carbonyl (C=O) groups excluding carboxylic acids is 2. The smallest absolute Gasteiger partial charge is 0.262 e. The Bertz CT molecular complexity index is 1610. The highest BCUT2D eigenvalue weighted by Gasteiger charge is 2.21. The van der Waals surface area contributed by atoms with E-state index >= 15 is 0 Å². The highest BCUT2D eigenvalue weighted by Crippen LogP contribution is 2.29. The first-order valence-electron chi connectivity index (χ1n) is 14.8. The zero-order valence-electron chi connectivity index (χ0n) is 25.8. The van der Waals surface area contributed by atoms with Crippen molar-refractivity contribution in [2.75, 3.05) is 47.0 Å². The average Bonchev–Trinajstić information content (AvgIpc) is 2.99. The van der Waals surface area contributed by atoms with Crippen LogP contribution in [0.15, 0.2) is 72.9 Å².